The maximum atomic E-state index is 11.9. The Kier molecular flexibility index (Phi) is 3.25. The molecule has 0 saturated heterocycles. The number of aromatic nitrogens is 3. The van der Waals surface area contributed by atoms with Gasteiger partial charge in [0.25, 0.3) is 0 Å². The van der Waals surface area contributed by atoms with Crippen molar-refractivity contribution in [1.29, 1.82) is 0 Å². The summed E-state index contributed by atoms with van der Waals surface area (Å²) in [6, 6.07) is 7.14. The summed E-state index contributed by atoms with van der Waals surface area (Å²) in [6.45, 7) is 1.92. The first-order chi connectivity index (χ1) is 10.1. The van der Waals surface area contributed by atoms with E-state index in [2.05, 4.69) is 15.4 Å². The first kappa shape index (κ1) is 13.4. The fourth-order valence-corrected chi connectivity index (χ4v) is 2.85. The number of ether oxygens (including phenoxy) is 1. The maximum Gasteiger partial charge on any atom is 0.225 e. The van der Waals surface area contributed by atoms with Crippen LogP contribution in [0.3, 0.4) is 0 Å². The van der Waals surface area contributed by atoms with Crippen LogP contribution in [0.25, 0.3) is 0 Å². The molecule has 7 heteroatoms. The number of nitrogens with one attached hydrogen (secondary N) is 1. The lowest BCUT2D eigenvalue weighted by molar-refractivity contribution is -0.123. The number of carbonyl (C=O) groups excluding carboxylic acids is 1. The van der Waals surface area contributed by atoms with Crippen LogP contribution in [0, 0.1) is 5.92 Å². The number of amides is 1. The van der Waals surface area contributed by atoms with Crippen molar-refractivity contribution in [2.75, 3.05) is 12.4 Å². The van der Waals surface area contributed by atoms with E-state index in [0.29, 0.717) is 5.95 Å². The molecule has 1 aliphatic heterocycles. The van der Waals surface area contributed by atoms with Crippen molar-refractivity contribution < 1.29 is 9.53 Å². The number of hydrogen-bond acceptors (Lipinski definition) is 5. The van der Waals surface area contributed by atoms with Crippen molar-refractivity contribution in [3.63, 3.8) is 0 Å². The Balaban J connectivity index is 2.13. The minimum absolute atomic E-state index is 0.129. The van der Waals surface area contributed by atoms with Crippen molar-refractivity contribution >= 4 is 11.9 Å². The zero-order valence-electron chi connectivity index (χ0n) is 11.9. The van der Waals surface area contributed by atoms with Crippen LogP contribution >= 0.6 is 0 Å². The molecule has 0 unspecified atom stereocenters. The lowest BCUT2D eigenvalue weighted by Gasteiger charge is -2.36. The highest BCUT2D eigenvalue weighted by Crippen LogP contribution is 2.36. The molecule has 0 fully saturated rings. The quantitative estimate of drug-likeness (QED) is 0.870. The molecule has 3 atom stereocenters. The normalized spacial score (nSPS) is 24.0. The van der Waals surface area contributed by atoms with Gasteiger partial charge in [-0.25, -0.2) is 4.68 Å². The minimum atomic E-state index is -0.425. The Morgan fingerprint density at radius 1 is 1.48 bits per heavy atom. The van der Waals surface area contributed by atoms with Crippen LogP contribution < -0.4 is 15.8 Å². The summed E-state index contributed by atoms with van der Waals surface area (Å²) in [5, 5.41) is 7.39. The van der Waals surface area contributed by atoms with E-state index < -0.39 is 5.92 Å². The molecule has 2 heterocycles. The Bertz CT molecular complexity index is 669. The molecule has 0 aliphatic carbocycles. The molecule has 110 valence electrons. The van der Waals surface area contributed by atoms with Crippen LogP contribution in [-0.2, 0) is 4.79 Å². The van der Waals surface area contributed by atoms with Gasteiger partial charge in [-0.2, -0.15) is 10.1 Å². The average molecular weight is 287 g/mol. The summed E-state index contributed by atoms with van der Waals surface area (Å²) in [5.74, 6) is 0.562. The van der Waals surface area contributed by atoms with Crippen LogP contribution in [0.15, 0.2) is 30.6 Å². The van der Waals surface area contributed by atoms with Gasteiger partial charge in [-0.15, -0.1) is 0 Å². The van der Waals surface area contributed by atoms with Crippen molar-refractivity contribution in [3.8, 4) is 5.75 Å². The number of carbonyl (C=O) groups is 1. The van der Waals surface area contributed by atoms with Gasteiger partial charge in [0.05, 0.1) is 19.1 Å². The third-order valence-corrected chi connectivity index (χ3v) is 3.84. The summed E-state index contributed by atoms with van der Waals surface area (Å²) >= 11 is 0. The fraction of sp³-hybridized carbons (Fsp3) is 0.357. The Labute approximate surface area is 122 Å². The standard InChI is InChI=1S/C14H17N5O2/c1-8-11(13(15)20)12(19-14(18-8)16-7-17-19)9-4-3-5-10(6-9)21-2/h3-8,11-12H,1-2H3,(H2,15,20)(H,16,17,18)/t8-,11+,12+/m1/s1. The van der Waals surface area contributed by atoms with E-state index in [1.807, 2.05) is 31.2 Å². The summed E-state index contributed by atoms with van der Waals surface area (Å²) in [7, 11) is 1.61. The number of methoxy groups -OCH3 is 1. The predicted molar refractivity (Wildman–Crippen MR) is 76.9 cm³/mol. The molecule has 1 aromatic carbocycles. The topological polar surface area (TPSA) is 95.1 Å². The van der Waals surface area contributed by atoms with Crippen LogP contribution in [0.4, 0.5) is 5.95 Å². The average Bonchev–Trinajstić information content (AvgIpc) is 2.93. The van der Waals surface area contributed by atoms with E-state index in [9.17, 15) is 4.79 Å². The molecule has 0 radical (unpaired) electrons. The number of primary amides is 1. The molecule has 3 rings (SSSR count). The maximum absolute atomic E-state index is 11.9. The van der Waals surface area contributed by atoms with Crippen LogP contribution in [0.1, 0.15) is 18.5 Å². The largest absolute Gasteiger partial charge is 0.497 e. The van der Waals surface area contributed by atoms with Gasteiger partial charge in [0.2, 0.25) is 11.9 Å². The van der Waals surface area contributed by atoms with E-state index in [4.69, 9.17) is 10.5 Å². The van der Waals surface area contributed by atoms with Gasteiger partial charge in [-0.05, 0) is 24.6 Å². The van der Waals surface area contributed by atoms with Crippen LogP contribution in [0.5, 0.6) is 5.75 Å². The molecule has 0 bridgehead atoms. The number of rotatable bonds is 3. The summed E-state index contributed by atoms with van der Waals surface area (Å²) in [6.07, 6.45) is 1.46. The molecular weight excluding hydrogens is 270 g/mol. The van der Waals surface area contributed by atoms with E-state index >= 15 is 0 Å². The van der Waals surface area contributed by atoms with Crippen LogP contribution in [0.2, 0.25) is 0 Å². The second-order valence-electron chi connectivity index (χ2n) is 5.11. The number of nitrogens with zero attached hydrogens (tertiary/aromatic N) is 3. The van der Waals surface area contributed by atoms with E-state index in [0.717, 1.165) is 11.3 Å². The third kappa shape index (κ3) is 2.20. The van der Waals surface area contributed by atoms with E-state index in [-0.39, 0.29) is 18.0 Å². The molecule has 0 saturated carbocycles. The molecule has 1 aromatic heterocycles. The van der Waals surface area contributed by atoms with Gasteiger partial charge in [-0.3, -0.25) is 4.79 Å². The number of hydrogen-bond donors (Lipinski definition) is 2. The molecule has 2 aromatic rings. The number of fused-ring (bicyclic) bond motifs is 1. The van der Waals surface area contributed by atoms with Crippen molar-refractivity contribution in [2.24, 2.45) is 11.7 Å². The molecule has 21 heavy (non-hydrogen) atoms. The molecule has 1 aliphatic rings. The Morgan fingerprint density at radius 2 is 2.29 bits per heavy atom. The summed E-state index contributed by atoms with van der Waals surface area (Å²) in [5.41, 5.74) is 6.53. The number of nitrogens with two attached hydrogens (primary N) is 1. The Morgan fingerprint density at radius 3 is 3.00 bits per heavy atom. The highest BCUT2D eigenvalue weighted by molar-refractivity contribution is 5.79. The van der Waals surface area contributed by atoms with Crippen molar-refractivity contribution in [2.45, 2.75) is 19.0 Å². The first-order valence-corrected chi connectivity index (χ1v) is 6.71. The molecular formula is C14H17N5O2. The highest BCUT2D eigenvalue weighted by Gasteiger charge is 2.40. The summed E-state index contributed by atoms with van der Waals surface area (Å²) < 4.78 is 6.96. The molecule has 3 N–H and O–H groups in total. The summed E-state index contributed by atoms with van der Waals surface area (Å²) in [4.78, 5) is 16.1. The zero-order valence-corrected chi connectivity index (χ0v) is 11.9. The lowest BCUT2D eigenvalue weighted by Crippen LogP contribution is -2.47. The predicted octanol–water partition coefficient (Wildman–Crippen LogP) is 0.792. The van der Waals surface area contributed by atoms with Gasteiger partial charge < -0.3 is 15.8 Å². The number of benzene rings is 1. The lowest BCUT2D eigenvalue weighted by atomic mass is 9.85. The molecule has 7 nitrogen and oxygen atoms in total. The van der Waals surface area contributed by atoms with Crippen molar-refractivity contribution in [3.05, 3.63) is 36.2 Å². The minimum Gasteiger partial charge on any atom is -0.497 e. The molecule has 0 spiro atoms. The van der Waals surface area contributed by atoms with Gasteiger partial charge in [0.15, 0.2) is 0 Å². The smallest absolute Gasteiger partial charge is 0.225 e. The first-order valence-electron chi connectivity index (χ1n) is 6.71. The van der Waals surface area contributed by atoms with Gasteiger partial charge >= 0.3 is 0 Å². The van der Waals surface area contributed by atoms with E-state index in [1.54, 1.807) is 11.8 Å². The SMILES string of the molecule is COc1cccc([C@H]2[C@@H](C(N)=O)[C@@H](C)Nc3ncnn32)c1. The van der Waals surface area contributed by atoms with Gasteiger partial charge in [0, 0.05) is 6.04 Å². The third-order valence-electron chi connectivity index (χ3n) is 3.84. The van der Waals surface area contributed by atoms with Gasteiger partial charge in [-0.1, -0.05) is 12.1 Å². The number of anilines is 1. The van der Waals surface area contributed by atoms with Crippen molar-refractivity contribution in [1.82, 2.24) is 14.8 Å². The van der Waals surface area contributed by atoms with Gasteiger partial charge in [0.1, 0.15) is 12.1 Å². The second-order valence-corrected chi connectivity index (χ2v) is 5.11. The monoisotopic (exact) mass is 287 g/mol. The second kappa shape index (κ2) is 5.08. The van der Waals surface area contributed by atoms with E-state index in [1.165, 1.54) is 6.33 Å². The Hall–Kier alpha value is -2.57. The van der Waals surface area contributed by atoms with Crippen LogP contribution in [-0.4, -0.2) is 33.8 Å². The highest BCUT2D eigenvalue weighted by atomic mass is 16.5. The fourth-order valence-electron chi connectivity index (χ4n) is 2.85. The zero-order chi connectivity index (χ0) is 15.0. The molecule has 1 amide bonds.